The molecular formula is C24H42N2Si. The van der Waals surface area contributed by atoms with Crippen LogP contribution in [0.5, 0.6) is 0 Å². The minimum Gasteiger partial charge on any atom is -0.321 e. The molecule has 1 aliphatic heterocycles. The van der Waals surface area contributed by atoms with Gasteiger partial charge in [-0.2, -0.15) is 0 Å². The van der Waals surface area contributed by atoms with E-state index in [9.17, 15) is 0 Å². The molecule has 4 rings (SSSR count). The Morgan fingerprint density at radius 3 is 2.44 bits per heavy atom. The van der Waals surface area contributed by atoms with Gasteiger partial charge in [0.05, 0.1) is 0 Å². The predicted octanol–water partition coefficient (Wildman–Crippen LogP) is 5.45. The largest absolute Gasteiger partial charge is 0.321 e. The molecule has 1 saturated heterocycles. The Morgan fingerprint density at radius 2 is 1.78 bits per heavy atom. The molecule has 2 saturated carbocycles. The fourth-order valence-electron chi connectivity index (χ4n) is 7.17. The second-order valence-corrected chi connectivity index (χ2v) is 15.2. The van der Waals surface area contributed by atoms with Crippen LogP contribution in [-0.2, 0) is 0 Å². The molecule has 2 nitrogen and oxygen atoms in total. The third kappa shape index (κ3) is 3.76. The summed E-state index contributed by atoms with van der Waals surface area (Å²) in [6, 6.07) is 0. The molecule has 0 spiro atoms. The van der Waals surface area contributed by atoms with E-state index in [1.165, 1.54) is 64.7 Å². The van der Waals surface area contributed by atoms with Crippen LogP contribution in [0.1, 0.15) is 52.4 Å². The van der Waals surface area contributed by atoms with Gasteiger partial charge in [-0.3, -0.25) is 0 Å². The summed E-state index contributed by atoms with van der Waals surface area (Å²) in [5, 5.41) is 3.58. The van der Waals surface area contributed by atoms with Crippen molar-refractivity contribution in [3.8, 4) is 0 Å². The number of fused-ring (bicyclic) bond motifs is 1. The van der Waals surface area contributed by atoms with Gasteiger partial charge >= 0.3 is 0 Å². The van der Waals surface area contributed by atoms with Crippen molar-refractivity contribution >= 4 is 8.24 Å². The van der Waals surface area contributed by atoms with E-state index >= 15 is 0 Å². The summed E-state index contributed by atoms with van der Waals surface area (Å²) in [7, 11) is -1.47. The highest BCUT2D eigenvalue weighted by Gasteiger charge is 2.54. The lowest BCUT2D eigenvalue weighted by Gasteiger charge is -2.48. The van der Waals surface area contributed by atoms with Gasteiger partial charge in [0.2, 0.25) is 0 Å². The highest BCUT2D eigenvalue weighted by atomic mass is 28.3. The Kier molecular flexibility index (Phi) is 6.02. The molecule has 0 bridgehead atoms. The van der Waals surface area contributed by atoms with E-state index in [1.807, 2.05) is 5.57 Å². The van der Waals surface area contributed by atoms with E-state index in [-0.39, 0.29) is 0 Å². The van der Waals surface area contributed by atoms with Crippen LogP contribution in [0, 0.1) is 29.6 Å². The van der Waals surface area contributed by atoms with Crippen LogP contribution in [0.4, 0.5) is 0 Å². The summed E-state index contributed by atoms with van der Waals surface area (Å²) >= 11 is 0. The van der Waals surface area contributed by atoms with E-state index in [4.69, 9.17) is 0 Å². The average Bonchev–Trinajstić information content (AvgIpc) is 3.10. The van der Waals surface area contributed by atoms with Crippen LogP contribution in [0.15, 0.2) is 23.8 Å². The van der Waals surface area contributed by atoms with Gasteiger partial charge in [-0.1, -0.05) is 70.0 Å². The first kappa shape index (κ1) is 19.9. The van der Waals surface area contributed by atoms with Gasteiger partial charge in [-0.05, 0) is 54.4 Å². The molecular weight excluding hydrogens is 344 g/mol. The van der Waals surface area contributed by atoms with Crippen molar-refractivity contribution in [1.82, 2.24) is 9.88 Å². The minimum atomic E-state index is -1.47. The molecule has 0 aromatic heterocycles. The van der Waals surface area contributed by atoms with Crippen molar-refractivity contribution in [3.05, 3.63) is 23.8 Å². The van der Waals surface area contributed by atoms with Crippen molar-refractivity contribution in [1.29, 1.82) is 0 Å². The average molecular weight is 387 g/mol. The topological polar surface area (TPSA) is 15.3 Å². The minimum absolute atomic E-state index is 0.816. The first-order chi connectivity index (χ1) is 13.0. The Balaban J connectivity index is 1.61. The normalized spacial score (nSPS) is 36.1. The van der Waals surface area contributed by atoms with Gasteiger partial charge in [-0.25, -0.2) is 0 Å². The van der Waals surface area contributed by atoms with E-state index in [1.54, 1.807) is 0 Å². The summed E-state index contributed by atoms with van der Waals surface area (Å²) in [4.78, 5) is 0. The van der Waals surface area contributed by atoms with Crippen molar-refractivity contribution in [3.63, 3.8) is 0 Å². The lowest BCUT2D eigenvalue weighted by Crippen LogP contribution is -2.60. The predicted molar refractivity (Wildman–Crippen MR) is 119 cm³/mol. The molecule has 0 aromatic carbocycles. The second-order valence-electron chi connectivity index (χ2n) is 10.6. The van der Waals surface area contributed by atoms with Gasteiger partial charge in [0.15, 0.2) is 0 Å². The van der Waals surface area contributed by atoms with E-state index in [0.717, 1.165) is 35.1 Å². The van der Waals surface area contributed by atoms with Gasteiger partial charge < -0.3 is 9.88 Å². The molecule has 4 atom stereocenters. The van der Waals surface area contributed by atoms with Crippen LogP contribution < -0.4 is 5.32 Å². The fourth-order valence-corrected chi connectivity index (χ4v) is 11.8. The summed E-state index contributed by atoms with van der Waals surface area (Å²) in [6.45, 7) is 15.3. The molecule has 4 unspecified atom stereocenters. The van der Waals surface area contributed by atoms with Crippen LogP contribution in [0.2, 0.25) is 18.6 Å². The van der Waals surface area contributed by atoms with Gasteiger partial charge in [0, 0.05) is 26.2 Å². The molecule has 152 valence electrons. The maximum atomic E-state index is 3.58. The maximum absolute atomic E-state index is 3.58. The van der Waals surface area contributed by atoms with Gasteiger partial charge in [-0.15, -0.1) is 0 Å². The summed E-state index contributed by atoms with van der Waals surface area (Å²) in [5.41, 5.74) is 2.78. The number of rotatable bonds is 4. The molecule has 3 heteroatoms. The van der Waals surface area contributed by atoms with Gasteiger partial charge in [0.25, 0.3) is 0 Å². The highest BCUT2D eigenvalue weighted by molar-refractivity contribution is 6.76. The lowest BCUT2D eigenvalue weighted by molar-refractivity contribution is 0.320. The van der Waals surface area contributed by atoms with Crippen LogP contribution >= 0.6 is 0 Å². The monoisotopic (exact) mass is 386 g/mol. The fraction of sp³-hybridized carbons (Fsp3) is 0.833. The zero-order chi connectivity index (χ0) is 19.0. The number of allylic oxidation sites excluding steroid dienone is 4. The standard InChI is InChI=1S/C24H42N2Si/c1-18(2)22-17-23-20(19-9-6-5-7-10-19)11-8-12-21(23)24(22)27(3,4)26-15-13-25-14-16-26/h8,11-12,18-19,21-25H,5-7,9-10,13-17H2,1-4H3. The van der Waals surface area contributed by atoms with Crippen molar-refractivity contribution in [2.75, 3.05) is 26.2 Å². The summed E-state index contributed by atoms with van der Waals surface area (Å²) in [6.07, 6.45) is 16.4. The Labute approximate surface area is 169 Å². The van der Waals surface area contributed by atoms with Gasteiger partial charge in [0.1, 0.15) is 8.24 Å². The van der Waals surface area contributed by atoms with E-state index in [0.29, 0.717) is 0 Å². The highest BCUT2D eigenvalue weighted by Crippen LogP contribution is 2.59. The van der Waals surface area contributed by atoms with Crippen molar-refractivity contribution in [2.24, 2.45) is 29.6 Å². The van der Waals surface area contributed by atoms with E-state index < -0.39 is 8.24 Å². The Hall–Kier alpha value is -0.383. The molecule has 27 heavy (non-hydrogen) atoms. The second kappa shape index (κ2) is 8.16. The first-order valence-corrected chi connectivity index (χ1v) is 14.9. The third-order valence-corrected chi connectivity index (χ3v) is 13.1. The molecule has 4 aliphatic rings. The quantitative estimate of drug-likeness (QED) is 0.646. The summed E-state index contributed by atoms with van der Waals surface area (Å²) in [5.74, 6) is 4.29. The molecule has 1 heterocycles. The number of nitrogens with one attached hydrogen (secondary N) is 1. The number of nitrogens with zero attached hydrogens (tertiary/aromatic N) is 1. The van der Waals surface area contributed by atoms with Crippen molar-refractivity contribution in [2.45, 2.75) is 71.0 Å². The number of hydrogen-bond donors (Lipinski definition) is 1. The number of piperazine rings is 1. The SMILES string of the molecule is CC(C)C1CC2C(C3CCCCC3)=CC=CC2C1[Si](C)(C)N1CCNCC1. The van der Waals surface area contributed by atoms with Crippen LogP contribution in [0.25, 0.3) is 0 Å². The van der Waals surface area contributed by atoms with Crippen molar-refractivity contribution < 1.29 is 0 Å². The zero-order valence-corrected chi connectivity index (χ0v) is 19.2. The molecule has 0 radical (unpaired) electrons. The first-order valence-electron chi connectivity index (χ1n) is 11.8. The smallest absolute Gasteiger partial charge is 0.126 e. The molecule has 0 aromatic rings. The summed E-state index contributed by atoms with van der Waals surface area (Å²) < 4.78 is 2.94. The number of hydrogen-bond acceptors (Lipinski definition) is 2. The zero-order valence-electron chi connectivity index (χ0n) is 18.2. The molecule has 3 fully saturated rings. The maximum Gasteiger partial charge on any atom is 0.126 e. The molecule has 3 aliphatic carbocycles. The molecule has 1 N–H and O–H groups in total. The lowest BCUT2D eigenvalue weighted by atomic mass is 9.73. The van der Waals surface area contributed by atoms with E-state index in [2.05, 4.69) is 55.1 Å². The Bertz CT molecular complexity index is 567. The third-order valence-electron chi connectivity index (χ3n) is 8.60. The Morgan fingerprint density at radius 1 is 1.07 bits per heavy atom. The van der Waals surface area contributed by atoms with Crippen LogP contribution in [-0.4, -0.2) is 39.0 Å². The van der Waals surface area contributed by atoms with Crippen LogP contribution in [0.3, 0.4) is 0 Å². The molecule has 0 amide bonds.